The predicted octanol–water partition coefficient (Wildman–Crippen LogP) is 0.0292. The maximum Gasteiger partial charge on any atom is 0.307 e. The number of hydrogen-bond acceptors (Lipinski definition) is 3. The number of nitrogens with zero attached hydrogens (tertiary/aromatic N) is 1. The van der Waals surface area contributed by atoms with Gasteiger partial charge in [-0.2, -0.15) is 17.4 Å². The normalized spacial score (nSPS) is 23.2. The Morgan fingerprint density at radius 3 is 2.89 bits per heavy atom. The minimum absolute atomic E-state index is 0.0213. The molecule has 1 aliphatic rings. The largest absolute Gasteiger partial charge is 0.481 e. The Morgan fingerprint density at radius 1 is 1.67 bits per heavy atom. The first-order chi connectivity index (χ1) is 8.36. The highest BCUT2D eigenvalue weighted by Crippen LogP contribution is 2.19. The van der Waals surface area contributed by atoms with E-state index in [1.165, 1.54) is 4.31 Å². The van der Waals surface area contributed by atoms with E-state index >= 15 is 0 Å². The van der Waals surface area contributed by atoms with E-state index in [9.17, 15) is 13.2 Å². The Hall–Kier alpha value is -1.10. The number of nitrogens with one attached hydrogen (secondary N) is 1. The van der Waals surface area contributed by atoms with Gasteiger partial charge in [-0.1, -0.05) is 0 Å². The molecule has 102 valence electrons. The quantitative estimate of drug-likeness (QED) is 0.692. The highest BCUT2D eigenvalue weighted by atomic mass is 32.2. The Balaban J connectivity index is 2.67. The van der Waals surface area contributed by atoms with E-state index in [0.29, 0.717) is 25.8 Å². The molecule has 0 aromatic carbocycles. The van der Waals surface area contributed by atoms with Gasteiger partial charge in [-0.25, -0.2) is 0 Å². The molecule has 2 N–H and O–H groups in total. The Labute approximate surface area is 108 Å². The zero-order chi connectivity index (χ0) is 13.8. The van der Waals surface area contributed by atoms with E-state index < -0.39 is 22.1 Å². The molecule has 0 radical (unpaired) electrons. The first kappa shape index (κ1) is 15.0. The van der Waals surface area contributed by atoms with Crippen LogP contribution in [0.3, 0.4) is 0 Å². The third-order valence-corrected chi connectivity index (χ3v) is 4.56. The van der Waals surface area contributed by atoms with Crippen molar-refractivity contribution in [3.05, 3.63) is 0 Å². The monoisotopic (exact) mass is 274 g/mol. The second-order valence-electron chi connectivity index (χ2n) is 4.47. The summed E-state index contributed by atoms with van der Waals surface area (Å²) in [5, 5.41) is 8.92. The van der Waals surface area contributed by atoms with Gasteiger partial charge in [0.05, 0.1) is 5.92 Å². The lowest BCUT2D eigenvalue weighted by atomic mass is 10.0. The highest BCUT2D eigenvalue weighted by molar-refractivity contribution is 7.87. The van der Waals surface area contributed by atoms with Crippen molar-refractivity contribution in [2.24, 2.45) is 5.92 Å². The first-order valence-electron chi connectivity index (χ1n) is 5.80. The van der Waals surface area contributed by atoms with Gasteiger partial charge in [0.1, 0.15) is 0 Å². The van der Waals surface area contributed by atoms with Crippen LogP contribution in [0.25, 0.3) is 0 Å². The number of aliphatic carboxylic acids is 1. The van der Waals surface area contributed by atoms with E-state index in [4.69, 9.17) is 11.5 Å². The van der Waals surface area contributed by atoms with Gasteiger partial charge < -0.3 is 5.11 Å². The number of terminal acetylenes is 1. The van der Waals surface area contributed by atoms with Gasteiger partial charge in [0.2, 0.25) is 0 Å². The van der Waals surface area contributed by atoms with Crippen molar-refractivity contribution in [1.29, 1.82) is 0 Å². The molecule has 0 aromatic rings. The van der Waals surface area contributed by atoms with E-state index in [1.54, 1.807) is 6.92 Å². The van der Waals surface area contributed by atoms with E-state index in [1.807, 2.05) is 0 Å². The van der Waals surface area contributed by atoms with Crippen LogP contribution in [-0.4, -0.2) is 42.9 Å². The molecule has 2 atom stereocenters. The third kappa shape index (κ3) is 3.98. The Kier molecular flexibility index (Phi) is 5.14. The molecule has 1 heterocycles. The average molecular weight is 274 g/mol. The van der Waals surface area contributed by atoms with Gasteiger partial charge in [-0.3, -0.25) is 4.79 Å². The van der Waals surface area contributed by atoms with Crippen molar-refractivity contribution in [2.75, 3.05) is 13.1 Å². The fourth-order valence-electron chi connectivity index (χ4n) is 1.91. The van der Waals surface area contributed by atoms with Gasteiger partial charge in [0, 0.05) is 25.6 Å². The lowest BCUT2D eigenvalue weighted by Gasteiger charge is -2.30. The van der Waals surface area contributed by atoms with Crippen molar-refractivity contribution in [3.63, 3.8) is 0 Å². The van der Waals surface area contributed by atoms with E-state index in [0.717, 1.165) is 0 Å². The Bertz CT molecular complexity index is 440. The number of carbonyl (C=O) groups is 1. The van der Waals surface area contributed by atoms with Gasteiger partial charge in [0.25, 0.3) is 10.2 Å². The SMILES string of the molecule is C#CCC(C)NS(=O)(=O)N1CCCC(C(=O)O)C1. The molecule has 1 aliphatic heterocycles. The Morgan fingerprint density at radius 2 is 2.33 bits per heavy atom. The number of piperidine rings is 1. The second-order valence-corrected chi connectivity index (χ2v) is 6.17. The molecule has 1 saturated heterocycles. The van der Waals surface area contributed by atoms with Crippen LogP contribution in [0, 0.1) is 18.3 Å². The van der Waals surface area contributed by atoms with E-state index in [2.05, 4.69) is 10.6 Å². The number of rotatable bonds is 5. The summed E-state index contributed by atoms with van der Waals surface area (Å²) in [5.74, 6) is 0.802. The van der Waals surface area contributed by atoms with Crippen LogP contribution in [0.5, 0.6) is 0 Å². The molecule has 0 aliphatic carbocycles. The molecule has 0 amide bonds. The van der Waals surface area contributed by atoms with Crippen molar-refractivity contribution < 1.29 is 18.3 Å². The zero-order valence-corrected chi connectivity index (χ0v) is 11.1. The molecule has 6 nitrogen and oxygen atoms in total. The smallest absolute Gasteiger partial charge is 0.307 e. The zero-order valence-electron chi connectivity index (χ0n) is 10.3. The maximum absolute atomic E-state index is 12.0. The van der Waals surface area contributed by atoms with Crippen LogP contribution in [0.4, 0.5) is 0 Å². The summed E-state index contributed by atoms with van der Waals surface area (Å²) < 4.78 is 27.6. The highest BCUT2D eigenvalue weighted by Gasteiger charge is 2.32. The topological polar surface area (TPSA) is 86.7 Å². The number of carboxylic acid groups (broad SMARTS) is 1. The summed E-state index contributed by atoms with van der Waals surface area (Å²) in [5.41, 5.74) is 0. The average Bonchev–Trinajstić information content (AvgIpc) is 2.28. The molecule has 1 rings (SSSR count). The van der Waals surface area contributed by atoms with Gasteiger partial charge in [-0.05, 0) is 19.8 Å². The molecule has 0 saturated carbocycles. The number of hydrogen-bond donors (Lipinski definition) is 2. The minimum atomic E-state index is -3.65. The lowest BCUT2D eigenvalue weighted by molar-refractivity contribution is -0.142. The second kappa shape index (κ2) is 6.18. The van der Waals surface area contributed by atoms with Crippen molar-refractivity contribution >= 4 is 16.2 Å². The van der Waals surface area contributed by atoms with Crippen molar-refractivity contribution in [3.8, 4) is 12.3 Å². The predicted molar refractivity (Wildman–Crippen MR) is 66.9 cm³/mol. The van der Waals surface area contributed by atoms with Gasteiger partial charge in [0.15, 0.2) is 0 Å². The van der Waals surface area contributed by atoms with Gasteiger partial charge in [-0.15, -0.1) is 12.3 Å². The fourth-order valence-corrected chi connectivity index (χ4v) is 3.40. The minimum Gasteiger partial charge on any atom is -0.481 e. The molecule has 18 heavy (non-hydrogen) atoms. The lowest BCUT2D eigenvalue weighted by Crippen LogP contribution is -2.49. The first-order valence-corrected chi connectivity index (χ1v) is 7.24. The van der Waals surface area contributed by atoms with Crippen LogP contribution in [0.2, 0.25) is 0 Å². The molecule has 0 bridgehead atoms. The summed E-state index contributed by atoms with van der Waals surface area (Å²) in [7, 11) is -3.65. The maximum atomic E-state index is 12.0. The molecule has 0 spiro atoms. The van der Waals surface area contributed by atoms with Crippen LogP contribution in [0.1, 0.15) is 26.2 Å². The summed E-state index contributed by atoms with van der Waals surface area (Å²) in [6.45, 7) is 2.05. The van der Waals surface area contributed by atoms with Gasteiger partial charge >= 0.3 is 5.97 Å². The third-order valence-electron chi connectivity index (χ3n) is 2.85. The molecule has 7 heteroatoms. The summed E-state index contributed by atoms with van der Waals surface area (Å²) in [6, 6.07) is -0.356. The summed E-state index contributed by atoms with van der Waals surface area (Å²) in [4.78, 5) is 10.9. The molecule has 0 aromatic heterocycles. The van der Waals surface area contributed by atoms with Crippen LogP contribution in [0.15, 0.2) is 0 Å². The van der Waals surface area contributed by atoms with Crippen LogP contribution >= 0.6 is 0 Å². The van der Waals surface area contributed by atoms with Crippen LogP contribution < -0.4 is 4.72 Å². The van der Waals surface area contributed by atoms with Crippen molar-refractivity contribution in [2.45, 2.75) is 32.2 Å². The van der Waals surface area contributed by atoms with Crippen molar-refractivity contribution in [1.82, 2.24) is 9.03 Å². The van der Waals surface area contributed by atoms with E-state index in [-0.39, 0.29) is 12.6 Å². The van der Waals surface area contributed by atoms with Crippen LogP contribution in [-0.2, 0) is 15.0 Å². The number of carboxylic acids is 1. The standard InChI is InChI=1S/C11H18N2O4S/c1-3-5-9(2)12-18(16,17)13-7-4-6-10(8-13)11(14)15/h1,9-10,12H,4-8H2,2H3,(H,14,15). The molecular weight excluding hydrogens is 256 g/mol. The summed E-state index contributed by atoms with van der Waals surface area (Å²) >= 11 is 0. The molecular formula is C11H18N2O4S. The summed E-state index contributed by atoms with van der Waals surface area (Å²) in [6.07, 6.45) is 6.49. The molecule has 1 fully saturated rings. The molecule has 2 unspecified atom stereocenters. The fraction of sp³-hybridized carbons (Fsp3) is 0.727.